The van der Waals surface area contributed by atoms with Gasteiger partial charge in [-0.3, -0.25) is 0 Å². The van der Waals surface area contributed by atoms with Crippen LogP contribution >= 0.6 is 34.9 Å². The summed E-state index contributed by atoms with van der Waals surface area (Å²) < 4.78 is 7.54. The maximum absolute atomic E-state index is 5.89. The Balaban J connectivity index is 2.18. The summed E-state index contributed by atoms with van der Waals surface area (Å²) in [5.74, 6) is 0.456. The highest BCUT2D eigenvalue weighted by Crippen LogP contribution is 2.34. The van der Waals surface area contributed by atoms with Crippen molar-refractivity contribution in [3.63, 3.8) is 0 Å². The predicted molar refractivity (Wildman–Crippen MR) is 84.8 cm³/mol. The van der Waals surface area contributed by atoms with E-state index in [1.54, 1.807) is 29.2 Å². The number of hydrogen-bond acceptors (Lipinski definition) is 8. The van der Waals surface area contributed by atoms with E-state index in [1.165, 1.54) is 11.8 Å². The Hall–Kier alpha value is -0.990. The average molecular weight is 328 g/mol. The third-order valence-electron chi connectivity index (χ3n) is 2.02. The lowest BCUT2D eigenvalue weighted by Gasteiger charge is -2.21. The van der Waals surface area contributed by atoms with Gasteiger partial charge in [-0.25, -0.2) is 4.98 Å². The first-order valence-electron chi connectivity index (χ1n) is 5.88. The zero-order valence-electron chi connectivity index (χ0n) is 11.7. The number of hydrogen-bond donors (Lipinski definition) is 1. The molecule has 108 valence electrons. The maximum Gasteiger partial charge on any atom is 0.238 e. The van der Waals surface area contributed by atoms with Gasteiger partial charge >= 0.3 is 0 Å². The van der Waals surface area contributed by atoms with Crippen molar-refractivity contribution in [3.05, 3.63) is 12.1 Å². The maximum atomic E-state index is 5.89. The summed E-state index contributed by atoms with van der Waals surface area (Å²) in [4.78, 5) is 4.44. The van der Waals surface area contributed by atoms with Crippen molar-refractivity contribution in [1.82, 2.24) is 15.2 Å². The summed E-state index contributed by atoms with van der Waals surface area (Å²) in [6, 6.07) is 3.66. The molecule has 2 aromatic heterocycles. The second kappa shape index (κ2) is 6.19. The van der Waals surface area contributed by atoms with Crippen LogP contribution in [0.5, 0.6) is 5.88 Å². The Kier molecular flexibility index (Phi) is 4.77. The molecule has 0 aliphatic carbocycles. The van der Waals surface area contributed by atoms with E-state index in [4.69, 9.17) is 10.5 Å². The van der Waals surface area contributed by atoms with Crippen LogP contribution < -0.4 is 10.5 Å². The number of pyridine rings is 1. The lowest BCUT2D eigenvalue weighted by atomic mass is 10.2. The lowest BCUT2D eigenvalue weighted by molar-refractivity contribution is 0.124. The largest absolute Gasteiger partial charge is 0.470 e. The lowest BCUT2D eigenvalue weighted by Crippen LogP contribution is -2.24. The topological polar surface area (TPSA) is 73.9 Å². The molecule has 0 bridgehead atoms. The van der Waals surface area contributed by atoms with E-state index in [2.05, 4.69) is 15.2 Å². The minimum atomic E-state index is -0.334. The van der Waals surface area contributed by atoms with Gasteiger partial charge in [0.15, 0.2) is 8.68 Å². The number of nitrogens with zero attached hydrogens (tertiary/aromatic N) is 3. The van der Waals surface area contributed by atoms with Crippen molar-refractivity contribution in [2.24, 2.45) is 0 Å². The fraction of sp³-hybridized carbons (Fsp3) is 0.417. The highest BCUT2D eigenvalue weighted by Gasteiger charge is 2.16. The van der Waals surface area contributed by atoms with E-state index >= 15 is 0 Å². The van der Waals surface area contributed by atoms with E-state index < -0.39 is 0 Å². The fourth-order valence-electron chi connectivity index (χ4n) is 1.27. The molecule has 0 saturated carbocycles. The van der Waals surface area contributed by atoms with Crippen LogP contribution in [-0.4, -0.2) is 27.0 Å². The SMILES string of the molecule is CSc1nnc(Sc2ccc(N)c(OC(C)(C)C)n2)s1. The molecule has 8 heteroatoms. The molecular formula is C12H16N4OS3. The second-order valence-electron chi connectivity index (χ2n) is 4.90. The molecule has 0 amide bonds. The number of aromatic nitrogens is 3. The van der Waals surface area contributed by atoms with Crippen LogP contribution in [0.1, 0.15) is 20.8 Å². The Bertz CT molecular complexity index is 595. The summed E-state index contributed by atoms with van der Waals surface area (Å²) in [5.41, 5.74) is 6.09. The Morgan fingerprint density at radius 2 is 1.90 bits per heavy atom. The molecule has 0 aliphatic rings. The van der Waals surface area contributed by atoms with Gasteiger partial charge in [-0.15, -0.1) is 10.2 Å². The number of thioether (sulfide) groups is 1. The van der Waals surface area contributed by atoms with Gasteiger partial charge in [-0.2, -0.15) is 0 Å². The molecule has 2 N–H and O–H groups in total. The van der Waals surface area contributed by atoms with Gasteiger partial charge < -0.3 is 10.5 Å². The molecule has 20 heavy (non-hydrogen) atoms. The van der Waals surface area contributed by atoms with E-state index in [0.717, 1.165) is 13.7 Å². The Morgan fingerprint density at radius 1 is 1.20 bits per heavy atom. The van der Waals surface area contributed by atoms with Crippen LogP contribution in [-0.2, 0) is 0 Å². The van der Waals surface area contributed by atoms with Gasteiger partial charge in [-0.1, -0.05) is 23.1 Å². The Labute approximate surface area is 130 Å². The molecule has 0 saturated heterocycles. The van der Waals surface area contributed by atoms with Gasteiger partial charge in [0.25, 0.3) is 0 Å². The van der Waals surface area contributed by atoms with Crippen molar-refractivity contribution in [1.29, 1.82) is 0 Å². The molecule has 0 spiro atoms. The van der Waals surface area contributed by atoms with Gasteiger partial charge in [0, 0.05) is 0 Å². The van der Waals surface area contributed by atoms with Crippen LogP contribution in [0, 0.1) is 0 Å². The quantitative estimate of drug-likeness (QED) is 0.860. The highest BCUT2D eigenvalue weighted by atomic mass is 32.2. The molecule has 0 atom stereocenters. The zero-order valence-corrected chi connectivity index (χ0v) is 14.2. The van der Waals surface area contributed by atoms with Gasteiger partial charge in [0.05, 0.1) is 5.69 Å². The predicted octanol–water partition coefficient (Wildman–Crippen LogP) is 3.57. The second-order valence-corrected chi connectivity index (χ2v) is 8.20. The monoisotopic (exact) mass is 328 g/mol. The van der Waals surface area contributed by atoms with Gasteiger partial charge in [-0.05, 0) is 50.9 Å². The van der Waals surface area contributed by atoms with E-state index in [-0.39, 0.29) is 5.60 Å². The average Bonchev–Trinajstić information content (AvgIpc) is 2.79. The zero-order chi connectivity index (χ0) is 14.8. The van der Waals surface area contributed by atoms with Crippen LogP contribution in [0.3, 0.4) is 0 Å². The fourth-order valence-corrected chi connectivity index (χ4v) is 3.62. The third-order valence-corrected chi connectivity index (χ3v) is 4.91. The van der Waals surface area contributed by atoms with Gasteiger partial charge in [0.2, 0.25) is 5.88 Å². The standard InChI is InChI=1S/C12H16N4OS3/c1-12(2,3)17-9-7(13)5-6-8(14-9)19-11-16-15-10(18-4)20-11/h5-6H,13H2,1-4H3. The smallest absolute Gasteiger partial charge is 0.238 e. The molecule has 2 aromatic rings. The van der Waals surface area contributed by atoms with Crippen LogP contribution in [0.4, 0.5) is 5.69 Å². The molecule has 2 rings (SSSR count). The molecule has 0 aromatic carbocycles. The van der Waals surface area contributed by atoms with E-state index in [1.807, 2.05) is 33.1 Å². The summed E-state index contributed by atoms with van der Waals surface area (Å²) in [5, 5.41) is 8.96. The number of anilines is 1. The van der Waals surface area contributed by atoms with E-state index in [0.29, 0.717) is 11.6 Å². The molecular weight excluding hydrogens is 312 g/mol. The van der Waals surface area contributed by atoms with Crippen LogP contribution in [0.2, 0.25) is 0 Å². The first kappa shape index (κ1) is 15.4. The minimum Gasteiger partial charge on any atom is -0.470 e. The molecule has 0 fully saturated rings. The number of ether oxygens (including phenoxy) is 1. The normalized spacial score (nSPS) is 11.6. The molecule has 2 heterocycles. The van der Waals surface area contributed by atoms with Crippen LogP contribution in [0.25, 0.3) is 0 Å². The van der Waals surface area contributed by atoms with Crippen molar-refractivity contribution in [2.75, 3.05) is 12.0 Å². The first-order valence-corrected chi connectivity index (χ1v) is 8.74. The van der Waals surface area contributed by atoms with Crippen molar-refractivity contribution < 1.29 is 4.74 Å². The summed E-state index contributed by atoms with van der Waals surface area (Å²) in [6.07, 6.45) is 1.98. The molecule has 0 unspecified atom stereocenters. The molecule has 0 aliphatic heterocycles. The highest BCUT2D eigenvalue weighted by molar-refractivity contribution is 8.02. The minimum absolute atomic E-state index is 0.334. The summed E-state index contributed by atoms with van der Waals surface area (Å²) >= 11 is 4.58. The third kappa shape index (κ3) is 4.26. The first-order chi connectivity index (χ1) is 9.37. The number of rotatable bonds is 4. The number of nitrogen functional groups attached to an aromatic ring is 1. The van der Waals surface area contributed by atoms with Crippen molar-refractivity contribution in [2.45, 2.75) is 40.1 Å². The van der Waals surface area contributed by atoms with Crippen molar-refractivity contribution >= 4 is 40.5 Å². The molecule has 5 nitrogen and oxygen atoms in total. The van der Waals surface area contributed by atoms with E-state index in [9.17, 15) is 0 Å². The molecule has 0 radical (unpaired) electrons. The number of nitrogens with two attached hydrogens (primary N) is 1. The summed E-state index contributed by atoms with van der Waals surface area (Å²) in [7, 11) is 0. The summed E-state index contributed by atoms with van der Waals surface area (Å²) in [6.45, 7) is 5.89. The van der Waals surface area contributed by atoms with Crippen molar-refractivity contribution in [3.8, 4) is 5.88 Å². The Morgan fingerprint density at radius 3 is 2.50 bits per heavy atom. The van der Waals surface area contributed by atoms with Crippen LogP contribution in [0.15, 0.2) is 25.8 Å². The van der Waals surface area contributed by atoms with Gasteiger partial charge in [0.1, 0.15) is 10.6 Å².